The molecule has 0 bridgehead atoms. The molecule has 6 heteroatoms. The van der Waals surface area contributed by atoms with Gasteiger partial charge in [-0.2, -0.15) is 4.98 Å². The van der Waals surface area contributed by atoms with Gasteiger partial charge < -0.3 is 9.84 Å². The fourth-order valence-electron chi connectivity index (χ4n) is 1.39. The van der Waals surface area contributed by atoms with Gasteiger partial charge in [0.15, 0.2) is 5.82 Å². The number of hydrogen-bond acceptors (Lipinski definition) is 5. The van der Waals surface area contributed by atoms with Crippen molar-refractivity contribution in [1.29, 1.82) is 0 Å². The Morgan fingerprint density at radius 3 is 3.11 bits per heavy atom. The van der Waals surface area contributed by atoms with Crippen molar-refractivity contribution in [2.24, 2.45) is 0 Å². The van der Waals surface area contributed by atoms with Gasteiger partial charge in [-0.15, -0.1) is 11.8 Å². The summed E-state index contributed by atoms with van der Waals surface area (Å²) in [5.74, 6) is 2.07. The number of thioether (sulfide) groups is 1. The second kappa shape index (κ2) is 6.78. The minimum Gasteiger partial charge on any atom is -0.339 e. The summed E-state index contributed by atoms with van der Waals surface area (Å²) in [7, 11) is 1.90. The highest BCUT2D eigenvalue weighted by Crippen LogP contribution is 2.24. The lowest BCUT2D eigenvalue weighted by atomic mass is 10.4. The van der Waals surface area contributed by atoms with Crippen molar-refractivity contribution in [3.05, 3.63) is 41.0 Å². The summed E-state index contributed by atoms with van der Waals surface area (Å²) in [6.45, 7) is 0.836. The normalized spacial score (nSPS) is 10.8. The maximum atomic E-state index is 5.92. The molecule has 96 valence electrons. The lowest BCUT2D eigenvalue weighted by molar-refractivity contribution is 0.373. The molecule has 1 aromatic carbocycles. The Kier molecular flexibility index (Phi) is 5.04. The van der Waals surface area contributed by atoms with Gasteiger partial charge in [-0.1, -0.05) is 22.8 Å². The van der Waals surface area contributed by atoms with Gasteiger partial charge in [-0.3, -0.25) is 0 Å². The molecular formula is C12H14ClN3OS. The highest BCUT2D eigenvalue weighted by atomic mass is 35.5. The lowest BCUT2D eigenvalue weighted by Gasteiger charge is -1.98. The Balaban J connectivity index is 1.88. The standard InChI is InChI=1S/C12H14ClN3OS/c1-14-6-5-12-15-11(16-17-12)8-18-10-4-2-3-9(13)7-10/h2-4,7,14H,5-6,8H2,1H3. The van der Waals surface area contributed by atoms with Crippen LogP contribution < -0.4 is 5.32 Å². The SMILES string of the molecule is CNCCc1nc(CSc2cccc(Cl)c2)no1. The van der Waals surface area contributed by atoms with Crippen LogP contribution >= 0.6 is 23.4 Å². The Hall–Kier alpha value is -1.04. The zero-order valence-electron chi connectivity index (χ0n) is 10.0. The molecule has 18 heavy (non-hydrogen) atoms. The minimum absolute atomic E-state index is 0.672. The van der Waals surface area contributed by atoms with Crippen molar-refractivity contribution in [3.63, 3.8) is 0 Å². The Morgan fingerprint density at radius 2 is 2.33 bits per heavy atom. The maximum Gasteiger partial charge on any atom is 0.227 e. The highest BCUT2D eigenvalue weighted by Gasteiger charge is 2.06. The van der Waals surface area contributed by atoms with Crippen molar-refractivity contribution < 1.29 is 4.52 Å². The van der Waals surface area contributed by atoms with Gasteiger partial charge in [0.05, 0.1) is 5.75 Å². The van der Waals surface area contributed by atoms with Crippen LogP contribution in [-0.2, 0) is 12.2 Å². The van der Waals surface area contributed by atoms with Crippen LogP contribution in [0.5, 0.6) is 0 Å². The molecule has 0 atom stereocenters. The van der Waals surface area contributed by atoms with E-state index in [4.69, 9.17) is 16.1 Å². The molecule has 0 radical (unpaired) electrons. The molecule has 2 aromatic rings. The quantitative estimate of drug-likeness (QED) is 0.826. The first-order valence-electron chi connectivity index (χ1n) is 5.62. The van der Waals surface area contributed by atoms with E-state index in [1.165, 1.54) is 0 Å². The second-order valence-electron chi connectivity index (χ2n) is 3.70. The van der Waals surface area contributed by atoms with Crippen LogP contribution in [0.25, 0.3) is 0 Å². The van der Waals surface area contributed by atoms with E-state index in [2.05, 4.69) is 15.5 Å². The zero-order chi connectivity index (χ0) is 12.8. The fourth-order valence-corrected chi connectivity index (χ4v) is 2.44. The van der Waals surface area contributed by atoms with Gasteiger partial charge in [-0.05, 0) is 25.2 Å². The summed E-state index contributed by atoms with van der Waals surface area (Å²) < 4.78 is 5.14. The fraction of sp³-hybridized carbons (Fsp3) is 0.333. The smallest absolute Gasteiger partial charge is 0.227 e. The van der Waals surface area contributed by atoms with E-state index in [1.807, 2.05) is 31.3 Å². The third-order valence-corrected chi connectivity index (χ3v) is 3.49. The predicted molar refractivity (Wildman–Crippen MR) is 72.9 cm³/mol. The van der Waals surface area contributed by atoms with Crippen LogP contribution in [0.3, 0.4) is 0 Å². The number of hydrogen-bond donors (Lipinski definition) is 1. The number of rotatable bonds is 6. The van der Waals surface area contributed by atoms with E-state index in [9.17, 15) is 0 Å². The molecule has 0 amide bonds. The molecule has 1 aromatic heterocycles. The first-order valence-corrected chi connectivity index (χ1v) is 6.98. The Bertz CT molecular complexity index is 504. The Morgan fingerprint density at radius 1 is 1.44 bits per heavy atom. The molecule has 0 aliphatic heterocycles. The average Bonchev–Trinajstić information content (AvgIpc) is 2.82. The van der Waals surface area contributed by atoms with Crippen molar-refractivity contribution in [2.75, 3.05) is 13.6 Å². The topological polar surface area (TPSA) is 51.0 Å². The molecule has 0 saturated heterocycles. The molecule has 2 rings (SSSR count). The van der Waals surface area contributed by atoms with Crippen molar-refractivity contribution in [2.45, 2.75) is 17.1 Å². The molecule has 4 nitrogen and oxygen atoms in total. The third kappa shape index (κ3) is 4.01. The van der Waals surface area contributed by atoms with Gasteiger partial charge in [0.25, 0.3) is 0 Å². The van der Waals surface area contributed by atoms with Crippen LogP contribution in [0.1, 0.15) is 11.7 Å². The molecule has 1 N–H and O–H groups in total. The van der Waals surface area contributed by atoms with E-state index in [1.54, 1.807) is 11.8 Å². The lowest BCUT2D eigenvalue weighted by Crippen LogP contribution is -2.10. The van der Waals surface area contributed by atoms with Crippen LogP contribution in [0, 0.1) is 0 Å². The molecule has 0 saturated carbocycles. The number of halogens is 1. The molecule has 1 heterocycles. The minimum atomic E-state index is 0.672. The van der Waals surface area contributed by atoms with Crippen LogP contribution in [0.15, 0.2) is 33.7 Å². The van der Waals surface area contributed by atoms with E-state index < -0.39 is 0 Å². The predicted octanol–water partition coefficient (Wildman–Crippen LogP) is 2.78. The third-order valence-electron chi connectivity index (χ3n) is 2.26. The number of nitrogens with zero attached hydrogens (tertiary/aromatic N) is 2. The molecule has 0 aliphatic rings. The largest absolute Gasteiger partial charge is 0.339 e. The monoisotopic (exact) mass is 283 g/mol. The van der Waals surface area contributed by atoms with Crippen molar-refractivity contribution in [3.8, 4) is 0 Å². The van der Waals surface area contributed by atoms with Gasteiger partial charge in [0.2, 0.25) is 5.89 Å². The zero-order valence-corrected chi connectivity index (χ0v) is 11.6. The van der Waals surface area contributed by atoms with E-state index in [0.29, 0.717) is 17.5 Å². The molecule has 0 fully saturated rings. The van der Waals surface area contributed by atoms with E-state index >= 15 is 0 Å². The van der Waals surface area contributed by atoms with Crippen LogP contribution in [-0.4, -0.2) is 23.7 Å². The number of nitrogens with one attached hydrogen (secondary N) is 1. The van der Waals surface area contributed by atoms with Crippen LogP contribution in [0.4, 0.5) is 0 Å². The van der Waals surface area contributed by atoms with Gasteiger partial charge in [-0.25, -0.2) is 0 Å². The summed E-state index contributed by atoms with van der Waals surface area (Å²) in [5.41, 5.74) is 0. The summed E-state index contributed by atoms with van der Waals surface area (Å²) in [5, 5.41) is 7.72. The molecule has 0 unspecified atom stereocenters. The van der Waals surface area contributed by atoms with E-state index in [-0.39, 0.29) is 0 Å². The summed E-state index contributed by atoms with van der Waals surface area (Å²) in [4.78, 5) is 5.41. The van der Waals surface area contributed by atoms with Crippen molar-refractivity contribution in [1.82, 2.24) is 15.5 Å². The summed E-state index contributed by atoms with van der Waals surface area (Å²) >= 11 is 7.56. The first-order chi connectivity index (χ1) is 8.78. The van der Waals surface area contributed by atoms with Gasteiger partial charge in [0, 0.05) is 22.9 Å². The number of benzene rings is 1. The molecule has 0 spiro atoms. The first kappa shape index (κ1) is 13.4. The highest BCUT2D eigenvalue weighted by molar-refractivity contribution is 7.98. The number of aromatic nitrogens is 2. The summed E-state index contributed by atoms with van der Waals surface area (Å²) in [6, 6.07) is 7.72. The van der Waals surface area contributed by atoms with E-state index in [0.717, 1.165) is 22.9 Å². The molecule has 0 aliphatic carbocycles. The Labute approximate surface area is 115 Å². The average molecular weight is 284 g/mol. The van der Waals surface area contributed by atoms with Crippen molar-refractivity contribution >= 4 is 23.4 Å². The summed E-state index contributed by atoms with van der Waals surface area (Å²) in [6.07, 6.45) is 0.755. The maximum absolute atomic E-state index is 5.92. The van der Waals surface area contributed by atoms with Crippen LogP contribution in [0.2, 0.25) is 5.02 Å². The second-order valence-corrected chi connectivity index (χ2v) is 5.19. The van der Waals surface area contributed by atoms with Gasteiger partial charge >= 0.3 is 0 Å². The molecular weight excluding hydrogens is 270 g/mol. The number of likely N-dealkylation sites (N-methyl/N-ethyl adjacent to an activating group) is 1. The van der Waals surface area contributed by atoms with Gasteiger partial charge in [0.1, 0.15) is 0 Å².